The standard InChI is InChI=1S/C8H15O2/c1-6(2)5-8(9)10-7(3)4/h6-7H,3,5H2,1-2,4H3/t7-/m0/s1. The lowest BCUT2D eigenvalue weighted by Crippen LogP contribution is -2.13. The summed E-state index contributed by atoms with van der Waals surface area (Å²) in [7, 11) is 0. The Hall–Kier alpha value is -0.530. The molecule has 2 nitrogen and oxygen atoms in total. The van der Waals surface area contributed by atoms with Gasteiger partial charge >= 0.3 is 5.97 Å². The molecular formula is C8H15O2. The van der Waals surface area contributed by atoms with Crippen LogP contribution < -0.4 is 0 Å². The number of esters is 1. The van der Waals surface area contributed by atoms with E-state index in [-0.39, 0.29) is 12.1 Å². The number of carbonyl (C=O) groups excluding carboxylic acids is 1. The average Bonchev–Trinajstić information content (AvgIpc) is 1.58. The molecule has 1 radical (unpaired) electrons. The van der Waals surface area contributed by atoms with E-state index in [1.807, 2.05) is 13.8 Å². The molecule has 0 rings (SSSR count). The van der Waals surface area contributed by atoms with Crippen LogP contribution in [-0.2, 0) is 9.53 Å². The normalized spacial score (nSPS) is 10.6. The summed E-state index contributed by atoms with van der Waals surface area (Å²) < 4.78 is 4.81. The second-order valence-corrected chi connectivity index (χ2v) is 2.90. The fourth-order valence-electron chi connectivity index (χ4n) is 0.606. The minimum Gasteiger partial charge on any atom is -0.463 e. The van der Waals surface area contributed by atoms with Gasteiger partial charge in [0.15, 0.2) is 0 Å². The van der Waals surface area contributed by atoms with Crippen LogP contribution in [0.1, 0.15) is 27.2 Å². The van der Waals surface area contributed by atoms with Gasteiger partial charge in [-0.3, -0.25) is 4.79 Å². The Morgan fingerprint density at radius 3 is 2.30 bits per heavy atom. The fraction of sp³-hybridized carbons (Fsp3) is 0.750. The molecule has 0 spiro atoms. The van der Waals surface area contributed by atoms with Crippen LogP contribution in [0.4, 0.5) is 0 Å². The van der Waals surface area contributed by atoms with Crippen LogP contribution in [0.15, 0.2) is 0 Å². The zero-order valence-electron chi connectivity index (χ0n) is 6.89. The largest absolute Gasteiger partial charge is 0.463 e. The Bertz CT molecular complexity index is 93.8. The van der Waals surface area contributed by atoms with E-state index in [1.165, 1.54) is 0 Å². The van der Waals surface area contributed by atoms with E-state index < -0.39 is 0 Å². The fourth-order valence-corrected chi connectivity index (χ4v) is 0.606. The van der Waals surface area contributed by atoms with Crippen molar-refractivity contribution in [2.75, 3.05) is 0 Å². The molecule has 0 bridgehead atoms. The van der Waals surface area contributed by atoms with Crippen molar-refractivity contribution >= 4 is 5.97 Å². The summed E-state index contributed by atoms with van der Waals surface area (Å²) in [6.45, 7) is 9.25. The smallest absolute Gasteiger partial charge is 0.306 e. The van der Waals surface area contributed by atoms with Crippen molar-refractivity contribution in [3.05, 3.63) is 6.92 Å². The zero-order chi connectivity index (χ0) is 8.15. The first kappa shape index (κ1) is 9.47. The van der Waals surface area contributed by atoms with Gasteiger partial charge in [-0.1, -0.05) is 13.8 Å². The first-order chi connectivity index (χ1) is 4.52. The van der Waals surface area contributed by atoms with Crippen molar-refractivity contribution in [2.24, 2.45) is 5.92 Å². The van der Waals surface area contributed by atoms with Gasteiger partial charge in [-0.25, -0.2) is 0 Å². The molecule has 1 atom stereocenters. The molecule has 0 amide bonds. The first-order valence-electron chi connectivity index (χ1n) is 3.55. The highest BCUT2D eigenvalue weighted by Gasteiger charge is 2.06. The minimum atomic E-state index is -0.230. The van der Waals surface area contributed by atoms with Crippen LogP contribution in [0.2, 0.25) is 0 Å². The molecule has 0 aliphatic heterocycles. The second kappa shape index (κ2) is 4.31. The van der Waals surface area contributed by atoms with Gasteiger partial charge in [-0.15, -0.1) is 0 Å². The summed E-state index contributed by atoms with van der Waals surface area (Å²) in [5, 5.41) is 0. The van der Waals surface area contributed by atoms with E-state index in [2.05, 4.69) is 6.92 Å². The van der Waals surface area contributed by atoms with Crippen LogP contribution in [-0.4, -0.2) is 12.1 Å². The maximum atomic E-state index is 10.8. The monoisotopic (exact) mass is 143 g/mol. The third-order valence-corrected chi connectivity index (χ3v) is 0.908. The van der Waals surface area contributed by atoms with E-state index >= 15 is 0 Å². The topological polar surface area (TPSA) is 26.3 Å². The van der Waals surface area contributed by atoms with Gasteiger partial charge in [-0.05, 0) is 19.8 Å². The molecule has 0 aromatic carbocycles. The highest BCUT2D eigenvalue weighted by Crippen LogP contribution is 2.02. The van der Waals surface area contributed by atoms with E-state index in [0.717, 1.165) is 0 Å². The molecule has 0 unspecified atom stereocenters. The van der Waals surface area contributed by atoms with Gasteiger partial charge in [0.25, 0.3) is 0 Å². The third-order valence-electron chi connectivity index (χ3n) is 0.908. The third kappa shape index (κ3) is 5.60. The molecule has 0 N–H and O–H groups in total. The number of carbonyl (C=O) groups is 1. The average molecular weight is 143 g/mol. The highest BCUT2D eigenvalue weighted by molar-refractivity contribution is 5.69. The van der Waals surface area contributed by atoms with Crippen molar-refractivity contribution in [3.63, 3.8) is 0 Å². The van der Waals surface area contributed by atoms with E-state index in [4.69, 9.17) is 4.74 Å². The van der Waals surface area contributed by atoms with Crippen LogP contribution >= 0.6 is 0 Å². The predicted molar refractivity (Wildman–Crippen MR) is 40.4 cm³/mol. The maximum absolute atomic E-state index is 10.8. The maximum Gasteiger partial charge on any atom is 0.306 e. The van der Waals surface area contributed by atoms with Crippen molar-refractivity contribution in [3.8, 4) is 0 Å². The highest BCUT2D eigenvalue weighted by atomic mass is 16.5. The van der Waals surface area contributed by atoms with Gasteiger partial charge in [0.1, 0.15) is 0 Å². The molecule has 0 aliphatic rings. The summed E-state index contributed by atoms with van der Waals surface area (Å²) in [6, 6.07) is 0. The van der Waals surface area contributed by atoms with Gasteiger partial charge in [0.05, 0.1) is 6.10 Å². The molecule has 0 heterocycles. The van der Waals surface area contributed by atoms with Gasteiger partial charge < -0.3 is 4.74 Å². The number of ether oxygens (including phenoxy) is 1. The summed E-state index contributed by atoms with van der Waals surface area (Å²) >= 11 is 0. The SMILES string of the molecule is [CH2][C@@H](C)OC(=O)CC(C)C. The van der Waals surface area contributed by atoms with E-state index in [9.17, 15) is 4.79 Å². The van der Waals surface area contributed by atoms with Crippen molar-refractivity contribution < 1.29 is 9.53 Å². The Labute approximate surface area is 62.6 Å². The Kier molecular flexibility index (Phi) is 4.08. The molecule has 0 saturated carbocycles. The molecule has 10 heavy (non-hydrogen) atoms. The molecule has 0 aromatic heterocycles. The summed E-state index contributed by atoms with van der Waals surface area (Å²) in [5.74, 6) is 0.212. The lowest BCUT2D eigenvalue weighted by Gasteiger charge is -2.08. The second-order valence-electron chi connectivity index (χ2n) is 2.90. The van der Waals surface area contributed by atoms with Crippen molar-refractivity contribution in [1.29, 1.82) is 0 Å². The quantitative estimate of drug-likeness (QED) is 0.563. The van der Waals surface area contributed by atoms with E-state index in [1.54, 1.807) is 6.92 Å². The van der Waals surface area contributed by atoms with E-state index in [0.29, 0.717) is 12.3 Å². The Morgan fingerprint density at radius 1 is 1.50 bits per heavy atom. The zero-order valence-corrected chi connectivity index (χ0v) is 6.89. The minimum absolute atomic E-state index is 0.155. The van der Waals surface area contributed by atoms with Crippen LogP contribution in [0.5, 0.6) is 0 Å². The Balaban J connectivity index is 3.44. The van der Waals surface area contributed by atoms with Gasteiger partial charge in [-0.2, -0.15) is 0 Å². The van der Waals surface area contributed by atoms with Crippen LogP contribution in [0, 0.1) is 12.8 Å². The molecule has 2 heteroatoms. The van der Waals surface area contributed by atoms with Crippen LogP contribution in [0.25, 0.3) is 0 Å². The van der Waals surface area contributed by atoms with Crippen molar-refractivity contribution in [1.82, 2.24) is 0 Å². The molecule has 0 aliphatic carbocycles. The lowest BCUT2D eigenvalue weighted by atomic mass is 10.1. The Morgan fingerprint density at radius 2 is 2.00 bits per heavy atom. The van der Waals surface area contributed by atoms with Gasteiger partial charge in [0, 0.05) is 6.42 Å². The summed E-state index contributed by atoms with van der Waals surface area (Å²) in [6.07, 6.45) is 0.256. The van der Waals surface area contributed by atoms with Gasteiger partial charge in [0.2, 0.25) is 0 Å². The number of hydrogen-bond donors (Lipinski definition) is 0. The lowest BCUT2D eigenvalue weighted by molar-refractivity contribution is -0.147. The molecule has 0 fully saturated rings. The number of rotatable bonds is 3. The molecule has 0 saturated heterocycles. The van der Waals surface area contributed by atoms with Crippen molar-refractivity contribution in [2.45, 2.75) is 33.3 Å². The predicted octanol–water partition coefficient (Wildman–Crippen LogP) is 1.80. The summed E-state index contributed by atoms with van der Waals surface area (Å²) in [4.78, 5) is 10.8. The molecular weight excluding hydrogens is 128 g/mol. The molecule has 59 valence electrons. The molecule has 0 aromatic rings. The first-order valence-corrected chi connectivity index (χ1v) is 3.55. The van der Waals surface area contributed by atoms with Crippen LogP contribution in [0.3, 0.4) is 0 Å². The number of hydrogen-bond acceptors (Lipinski definition) is 2. The summed E-state index contributed by atoms with van der Waals surface area (Å²) in [5.41, 5.74) is 0.